The first-order valence-electron chi connectivity index (χ1n) is 11.3. The molecule has 7 nitrogen and oxygen atoms in total. The molecule has 0 fully saturated rings. The van der Waals surface area contributed by atoms with Crippen molar-refractivity contribution >= 4 is 46.6 Å². The van der Waals surface area contributed by atoms with Gasteiger partial charge in [0.05, 0.1) is 32.5 Å². The van der Waals surface area contributed by atoms with Crippen LogP contribution in [-0.4, -0.2) is 22.2 Å². The second-order valence-electron chi connectivity index (χ2n) is 8.19. The van der Waals surface area contributed by atoms with Gasteiger partial charge in [-0.1, -0.05) is 52.7 Å². The summed E-state index contributed by atoms with van der Waals surface area (Å²) >= 11 is 13.4. The summed E-state index contributed by atoms with van der Waals surface area (Å²) in [5.41, 5.74) is 1.43. The number of phenols is 1. The van der Waals surface area contributed by atoms with Crippen LogP contribution in [0.2, 0.25) is 10.0 Å². The zero-order valence-corrected chi connectivity index (χ0v) is 22.0. The minimum absolute atomic E-state index is 0.0468. The van der Waals surface area contributed by atoms with Crippen molar-refractivity contribution in [2.45, 2.75) is 19.9 Å². The molecular formula is C27H20Cl2N2O5S. The van der Waals surface area contributed by atoms with Gasteiger partial charge in [-0.2, -0.15) is 0 Å². The van der Waals surface area contributed by atoms with Crippen LogP contribution < -0.4 is 14.9 Å². The summed E-state index contributed by atoms with van der Waals surface area (Å²) in [7, 11) is 0. The van der Waals surface area contributed by atoms with Crippen molar-refractivity contribution < 1.29 is 19.1 Å². The highest BCUT2D eigenvalue weighted by Gasteiger charge is 2.35. The molecule has 0 saturated heterocycles. The van der Waals surface area contributed by atoms with Crippen LogP contribution in [0.4, 0.5) is 0 Å². The number of para-hydroxylation sites is 1. The molecular weight excluding hydrogens is 535 g/mol. The third-order valence-corrected chi connectivity index (χ3v) is 7.56. The van der Waals surface area contributed by atoms with Gasteiger partial charge in [-0.25, -0.2) is 9.79 Å². The largest absolute Gasteiger partial charge is 0.507 e. The predicted molar refractivity (Wildman–Crippen MR) is 143 cm³/mol. The maximum Gasteiger partial charge on any atom is 0.338 e. The SMILES string of the molecule is CCOC(=O)C1=C(C)N=c2s/c(=C\c3ccccc3O)c(=O)n2[C@H]1c1ccc(-c2ccc(Cl)c(Cl)c2)o1. The first-order chi connectivity index (χ1) is 17.8. The third kappa shape index (κ3) is 4.64. The average Bonchev–Trinajstić information content (AvgIpc) is 3.47. The van der Waals surface area contributed by atoms with E-state index in [0.29, 0.717) is 47.7 Å². The fraction of sp³-hybridized carbons (Fsp3) is 0.148. The van der Waals surface area contributed by atoms with Crippen LogP contribution in [-0.2, 0) is 9.53 Å². The van der Waals surface area contributed by atoms with Crippen molar-refractivity contribution in [2.24, 2.45) is 4.99 Å². The Balaban J connectivity index is 1.70. The lowest BCUT2D eigenvalue weighted by Gasteiger charge is -2.22. The van der Waals surface area contributed by atoms with Crippen molar-refractivity contribution in [3.8, 4) is 17.1 Å². The van der Waals surface area contributed by atoms with E-state index in [-0.39, 0.29) is 23.5 Å². The molecule has 0 saturated carbocycles. The van der Waals surface area contributed by atoms with Gasteiger partial charge in [0.2, 0.25) is 0 Å². The quantitative estimate of drug-likeness (QED) is 0.347. The van der Waals surface area contributed by atoms with Crippen LogP contribution in [0.15, 0.2) is 80.1 Å². The van der Waals surface area contributed by atoms with Crippen molar-refractivity contribution in [3.05, 3.63) is 107 Å². The lowest BCUT2D eigenvalue weighted by Crippen LogP contribution is -2.39. The number of fused-ring (bicyclic) bond motifs is 1. The lowest BCUT2D eigenvalue weighted by molar-refractivity contribution is -0.139. The zero-order valence-electron chi connectivity index (χ0n) is 19.7. The number of phenolic OH excluding ortho intramolecular Hbond substituents is 1. The fourth-order valence-electron chi connectivity index (χ4n) is 4.12. The summed E-state index contributed by atoms with van der Waals surface area (Å²) in [6.45, 7) is 3.56. The monoisotopic (exact) mass is 554 g/mol. The number of aromatic hydroxyl groups is 1. The average molecular weight is 555 g/mol. The fourth-order valence-corrected chi connectivity index (χ4v) is 5.45. The Labute approximate surface area is 225 Å². The number of hydrogen-bond acceptors (Lipinski definition) is 7. The van der Waals surface area contributed by atoms with Gasteiger partial charge in [-0.3, -0.25) is 9.36 Å². The van der Waals surface area contributed by atoms with Crippen LogP contribution in [0, 0.1) is 0 Å². The molecule has 5 rings (SSSR count). The molecule has 0 bridgehead atoms. The molecule has 188 valence electrons. The first-order valence-corrected chi connectivity index (χ1v) is 12.9. The first kappa shape index (κ1) is 25.1. The standard InChI is InChI=1S/C27H20Cl2N2O5S/c1-3-35-26(34)23-14(2)30-27-31(25(33)22(37-27)13-15-6-4-5-7-19(15)32)24(23)21-11-10-20(36-21)16-8-9-17(28)18(29)12-16/h4-13,24,32H,3H2,1-2H3/b22-13-/t24-/m0/s1. The van der Waals surface area contributed by atoms with Gasteiger partial charge in [0.25, 0.3) is 5.56 Å². The van der Waals surface area contributed by atoms with E-state index in [9.17, 15) is 14.7 Å². The molecule has 1 N–H and O–H groups in total. The number of allylic oxidation sites excluding steroid dienone is 1. The number of rotatable bonds is 5. The third-order valence-electron chi connectivity index (χ3n) is 5.84. The van der Waals surface area contributed by atoms with Crippen LogP contribution in [0.1, 0.15) is 31.2 Å². The Morgan fingerprint density at radius 3 is 2.70 bits per heavy atom. The second-order valence-corrected chi connectivity index (χ2v) is 10.0. The number of aromatic nitrogens is 1. The smallest absolute Gasteiger partial charge is 0.338 e. The molecule has 3 heterocycles. The summed E-state index contributed by atoms with van der Waals surface area (Å²) in [6, 6.07) is 14.4. The van der Waals surface area contributed by atoms with E-state index in [4.69, 9.17) is 32.4 Å². The van der Waals surface area contributed by atoms with Crippen LogP contribution in [0.3, 0.4) is 0 Å². The maximum atomic E-state index is 13.7. The Bertz CT molecular complexity index is 1750. The van der Waals surface area contributed by atoms with E-state index < -0.39 is 12.0 Å². The summed E-state index contributed by atoms with van der Waals surface area (Å²) in [5, 5.41) is 11.0. The molecule has 37 heavy (non-hydrogen) atoms. The number of benzene rings is 2. The lowest BCUT2D eigenvalue weighted by atomic mass is 10.0. The molecule has 2 aromatic heterocycles. The highest BCUT2D eigenvalue weighted by molar-refractivity contribution is 7.07. The van der Waals surface area contributed by atoms with Gasteiger partial charge in [-0.05, 0) is 56.3 Å². The molecule has 0 amide bonds. The summed E-state index contributed by atoms with van der Waals surface area (Å²) in [5.74, 6) is 0.304. The van der Waals surface area contributed by atoms with Gasteiger partial charge in [0.15, 0.2) is 4.80 Å². The molecule has 1 atom stereocenters. The highest BCUT2D eigenvalue weighted by Crippen LogP contribution is 2.35. The molecule has 0 radical (unpaired) electrons. The van der Waals surface area contributed by atoms with Crippen molar-refractivity contribution in [3.63, 3.8) is 0 Å². The Kier molecular flexibility index (Phi) is 6.81. The normalized spacial score (nSPS) is 15.5. The van der Waals surface area contributed by atoms with Crippen molar-refractivity contribution in [1.82, 2.24) is 4.57 Å². The summed E-state index contributed by atoms with van der Waals surface area (Å²) < 4.78 is 13.3. The van der Waals surface area contributed by atoms with E-state index in [1.54, 1.807) is 74.5 Å². The Morgan fingerprint density at radius 1 is 1.19 bits per heavy atom. The van der Waals surface area contributed by atoms with Gasteiger partial charge >= 0.3 is 5.97 Å². The summed E-state index contributed by atoms with van der Waals surface area (Å²) in [4.78, 5) is 31.6. The number of carbonyl (C=O) groups is 1. The molecule has 1 aliphatic rings. The number of furan rings is 1. The van der Waals surface area contributed by atoms with E-state index in [1.807, 2.05) is 0 Å². The van der Waals surface area contributed by atoms with Gasteiger partial charge in [0, 0.05) is 11.1 Å². The maximum absolute atomic E-state index is 13.7. The minimum Gasteiger partial charge on any atom is -0.507 e. The number of halogens is 2. The van der Waals surface area contributed by atoms with Crippen molar-refractivity contribution in [2.75, 3.05) is 6.61 Å². The molecule has 0 spiro atoms. The highest BCUT2D eigenvalue weighted by atomic mass is 35.5. The number of ether oxygens (including phenoxy) is 1. The number of thiazole rings is 1. The van der Waals surface area contributed by atoms with Crippen LogP contribution >= 0.6 is 34.5 Å². The van der Waals surface area contributed by atoms with Crippen molar-refractivity contribution in [1.29, 1.82) is 0 Å². The van der Waals surface area contributed by atoms with E-state index in [1.165, 1.54) is 4.57 Å². The Morgan fingerprint density at radius 2 is 1.97 bits per heavy atom. The number of carbonyl (C=O) groups excluding carboxylic acids is 1. The predicted octanol–water partition coefficient (Wildman–Crippen LogP) is 5.07. The van der Waals surface area contributed by atoms with Crippen LogP contribution in [0.25, 0.3) is 17.4 Å². The molecule has 2 aromatic carbocycles. The van der Waals surface area contributed by atoms with Gasteiger partial charge in [-0.15, -0.1) is 0 Å². The van der Waals surface area contributed by atoms with Gasteiger partial charge in [0.1, 0.15) is 23.3 Å². The van der Waals surface area contributed by atoms with E-state index in [2.05, 4.69) is 4.99 Å². The van der Waals surface area contributed by atoms with E-state index in [0.717, 1.165) is 11.3 Å². The van der Waals surface area contributed by atoms with E-state index >= 15 is 0 Å². The molecule has 0 aliphatic carbocycles. The molecule has 1 aliphatic heterocycles. The van der Waals surface area contributed by atoms with Crippen LogP contribution in [0.5, 0.6) is 5.75 Å². The number of esters is 1. The van der Waals surface area contributed by atoms with Gasteiger partial charge < -0.3 is 14.3 Å². The zero-order chi connectivity index (χ0) is 26.3. The Hall–Kier alpha value is -3.59. The number of hydrogen-bond donors (Lipinski definition) is 1. The topological polar surface area (TPSA) is 94.0 Å². The molecule has 0 unspecified atom stereocenters. The molecule has 4 aromatic rings. The minimum atomic E-state index is -0.904. The summed E-state index contributed by atoms with van der Waals surface area (Å²) in [6.07, 6.45) is 1.60. The number of nitrogens with zero attached hydrogens (tertiary/aromatic N) is 2. The second kappa shape index (κ2) is 10.0. The molecule has 10 heteroatoms.